The maximum atomic E-state index is 13.0. The van der Waals surface area contributed by atoms with Gasteiger partial charge in [-0.15, -0.1) is 0 Å². The zero-order valence-electron chi connectivity index (χ0n) is 11.1. The van der Waals surface area contributed by atoms with Crippen LogP contribution in [0.2, 0.25) is 0 Å². The molecule has 0 aromatic heterocycles. The first-order valence-electron chi connectivity index (χ1n) is 6.04. The Morgan fingerprint density at radius 3 is 2.23 bits per heavy atom. The van der Waals surface area contributed by atoms with Gasteiger partial charge in [0.15, 0.2) is 0 Å². The van der Waals surface area contributed by atoms with Crippen molar-refractivity contribution in [2.45, 2.75) is 18.3 Å². The molecule has 1 fully saturated rings. The smallest absolute Gasteiger partial charge is 0.366 e. The van der Waals surface area contributed by atoms with Crippen molar-refractivity contribution >= 4 is 11.8 Å². The van der Waals surface area contributed by atoms with Gasteiger partial charge in [0.2, 0.25) is 5.91 Å². The average Bonchev–Trinajstić information content (AvgIpc) is 2.74. The summed E-state index contributed by atoms with van der Waals surface area (Å²) in [6.07, 6.45) is -5.94. The first-order valence-corrected chi connectivity index (χ1v) is 6.04. The quantitative estimate of drug-likeness (QED) is 0.755. The van der Waals surface area contributed by atoms with Crippen LogP contribution in [0.4, 0.5) is 13.2 Å². The topological polar surface area (TPSA) is 95.7 Å². The summed E-state index contributed by atoms with van der Waals surface area (Å²) in [6.45, 7) is 3.30. The van der Waals surface area contributed by atoms with Gasteiger partial charge in [0.25, 0.3) is 11.6 Å². The second-order valence-corrected chi connectivity index (χ2v) is 4.79. The van der Waals surface area contributed by atoms with E-state index in [-0.39, 0.29) is 21.8 Å². The highest BCUT2D eigenvalue weighted by Gasteiger charge is 2.63. The lowest BCUT2D eigenvalue weighted by molar-refractivity contribution is -0.299. The fraction of sp³-hybridized carbons (Fsp3) is 0.231. The van der Waals surface area contributed by atoms with Crippen LogP contribution in [0.15, 0.2) is 36.5 Å². The Bertz CT molecular complexity index is 642. The van der Waals surface area contributed by atoms with E-state index >= 15 is 0 Å². The van der Waals surface area contributed by atoms with Crippen molar-refractivity contribution in [3.63, 3.8) is 0 Å². The second kappa shape index (κ2) is 5.02. The van der Waals surface area contributed by atoms with Crippen LogP contribution in [-0.4, -0.2) is 33.8 Å². The normalized spacial score (nSPS) is 21.6. The third-order valence-corrected chi connectivity index (χ3v) is 3.17. The summed E-state index contributed by atoms with van der Waals surface area (Å²) < 4.78 is 39.1. The van der Waals surface area contributed by atoms with E-state index in [9.17, 15) is 27.9 Å². The van der Waals surface area contributed by atoms with Gasteiger partial charge in [0.1, 0.15) is 0 Å². The van der Waals surface area contributed by atoms with E-state index < -0.39 is 30.1 Å². The number of carbonyl (C=O) groups is 2. The summed E-state index contributed by atoms with van der Waals surface area (Å²) >= 11 is 0. The van der Waals surface area contributed by atoms with Crippen molar-refractivity contribution < 1.29 is 27.9 Å². The Morgan fingerprint density at radius 1 is 1.27 bits per heavy atom. The molecule has 118 valence electrons. The molecular weight excluding hydrogens is 303 g/mol. The number of amides is 2. The van der Waals surface area contributed by atoms with Crippen LogP contribution in [0, 0.1) is 0 Å². The highest BCUT2D eigenvalue weighted by molar-refractivity contribution is 5.97. The average molecular weight is 315 g/mol. The SMILES string of the molecule is C=C1CC(O)(C(F)(F)F)N(C(=O)c2ccc(C(N)=O)cc2)N1. The molecule has 1 aromatic carbocycles. The molecule has 1 unspecified atom stereocenters. The Morgan fingerprint density at radius 2 is 1.77 bits per heavy atom. The molecule has 1 aliphatic heterocycles. The third kappa shape index (κ3) is 2.50. The number of aliphatic hydroxyl groups is 1. The van der Waals surface area contributed by atoms with E-state index in [4.69, 9.17) is 5.73 Å². The number of nitrogens with one attached hydrogen (secondary N) is 1. The van der Waals surface area contributed by atoms with E-state index in [0.29, 0.717) is 0 Å². The van der Waals surface area contributed by atoms with E-state index in [1.165, 1.54) is 12.1 Å². The summed E-state index contributed by atoms with van der Waals surface area (Å²) in [4.78, 5) is 23.1. The van der Waals surface area contributed by atoms with Crippen LogP contribution in [0.25, 0.3) is 0 Å². The zero-order chi connectivity index (χ0) is 16.7. The maximum Gasteiger partial charge on any atom is 0.438 e. The van der Waals surface area contributed by atoms with E-state index in [1.54, 1.807) is 0 Å². The molecule has 1 aliphatic rings. The Labute approximate surface area is 123 Å². The van der Waals surface area contributed by atoms with Crippen LogP contribution in [0.3, 0.4) is 0 Å². The predicted octanol–water partition coefficient (Wildman–Crippen LogP) is 0.901. The molecule has 0 saturated carbocycles. The lowest BCUT2D eigenvalue weighted by atomic mass is 10.1. The summed E-state index contributed by atoms with van der Waals surface area (Å²) in [5.41, 5.74) is 3.55. The largest absolute Gasteiger partial charge is 0.438 e. The lowest BCUT2D eigenvalue weighted by Gasteiger charge is -2.33. The number of nitrogens with zero attached hydrogens (tertiary/aromatic N) is 1. The number of nitrogens with two attached hydrogens (primary N) is 1. The number of alkyl halides is 3. The minimum absolute atomic E-state index is 0.0780. The Hall–Kier alpha value is -2.55. The van der Waals surface area contributed by atoms with Crippen molar-refractivity contribution in [3.05, 3.63) is 47.7 Å². The maximum absolute atomic E-state index is 13.0. The number of hydrogen-bond acceptors (Lipinski definition) is 4. The number of rotatable bonds is 2. The number of hydrogen-bond donors (Lipinski definition) is 3. The standard InChI is InChI=1S/C13H12F3N3O3/c1-7-6-12(22,13(14,15)16)19(18-7)11(21)9-4-2-8(3-5-9)10(17)20/h2-5,18,22H,1,6H2,(H2,17,20). The number of hydrazine groups is 1. The van der Waals surface area contributed by atoms with Gasteiger partial charge in [-0.3, -0.25) is 15.0 Å². The van der Waals surface area contributed by atoms with Crippen LogP contribution >= 0.6 is 0 Å². The van der Waals surface area contributed by atoms with Crippen molar-refractivity contribution in [2.75, 3.05) is 0 Å². The van der Waals surface area contributed by atoms with Crippen LogP contribution in [-0.2, 0) is 0 Å². The van der Waals surface area contributed by atoms with Gasteiger partial charge in [-0.1, -0.05) is 6.58 Å². The van der Waals surface area contributed by atoms with Gasteiger partial charge >= 0.3 is 6.18 Å². The van der Waals surface area contributed by atoms with Gasteiger partial charge in [-0.05, 0) is 24.3 Å². The Kier molecular flexibility index (Phi) is 3.61. The molecule has 0 aliphatic carbocycles. The van der Waals surface area contributed by atoms with Crippen molar-refractivity contribution in [1.29, 1.82) is 0 Å². The predicted molar refractivity (Wildman–Crippen MR) is 69.0 cm³/mol. The highest BCUT2D eigenvalue weighted by atomic mass is 19.4. The molecular formula is C13H12F3N3O3. The fourth-order valence-electron chi connectivity index (χ4n) is 2.02. The molecule has 1 atom stereocenters. The molecule has 2 amide bonds. The summed E-state index contributed by atoms with van der Waals surface area (Å²) in [5, 5.41) is 9.89. The van der Waals surface area contributed by atoms with Crippen LogP contribution in [0.1, 0.15) is 27.1 Å². The third-order valence-electron chi connectivity index (χ3n) is 3.17. The molecule has 1 aromatic rings. The van der Waals surface area contributed by atoms with Gasteiger partial charge < -0.3 is 10.8 Å². The molecule has 9 heteroatoms. The number of carbonyl (C=O) groups excluding carboxylic acids is 2. The van der Waals surface area contributed by atoms with Gasteiger partial charge in [0, 0.05) is 23.2 Å². The monoisotopic (exact) mass is 315 g/mol. The summed E-state index contributed by atoms with van der Waals surface area (Å²) in [7, 11) is 0. The van der Waals surface area contributed by atoms with Gasteiger partial charge in [-0.2, -0.15) is 13.2 Å². The molecule has 2 rings (SSSR count). The molecule has 0 radical (unpaired) electrons. The highest BCUT2D eigenvalue weighted by Crippen LogP contribution is 2.41. The second-order valence-electron chi connectivity index (χ2n) is 4.79. The van der Waals surface area contributed by atoms with Crippen molar-refractivity contribution in [1.82, 2.24) is 10.4 Å². The summed E-state index contributed by atoms with van der Waals surface area (Å²) in [5.74, 6) is -1.85. The van der Waals surface area contributed by atoms with E-state index in [2.05, 4.69) is 12.0 Å². The molecule has 6 nitrogen and oxygen atoms in total. The minimum atomic E-state index is -5.07. The molecule has 1 saturated heterocycles. The Balaban J connectivity index is 2.35. The first-order chi connectivity index (χ1) is 10.1. The summed E-state index contributed by atoms with van der Waals surface area (Å²) in [6, 6.07) is 4.68. The van der Waals surface area contributed by atoms with Crippen molar-refractivity contribution in [3.8, 4) is 0 Å². The zero-order valence-corrected chi connectivity index (χ0v) is 11.1. The molecule has 22 heavy (non-hydrogen) atoms. The molecule has 4 N–H and O–H groups in total. The van der Waals surface area contributed by atoms with E-state index in [1.807, 2.05) is 0 Å². The fourth-order valence-corrected chi connectivity index (χ4v) is 2.02. The lowest BCUT2D eigenvalue weighted by Crippen LogP contribution is -2.59. The number of primary amides is 1. The van der Waals surface area contributed by atoms with E-state index in [0.717, 1.165) is 12.1 Å². The van der Waals surface area contributed by atoms with Gasteiger partial charge in [-0.25, -0.2) is 5.01 Å². The first kappa shape index (κ1) is 15.8. The molecule has 0 bridgehead atoms. The van der Waals surface area contributed by atoms with Crippen molar-refractivity contribution in [2.24, 2.45) is 5.73 Å². The van der Waals surface area contributed by atoms with Crippen LogP contribution < -0.4 is 11.2 Å². The molecule has 1 heterocycles. The minimum Gasteiger partial charge on any atom is -0.366 e. The molecule has 0 spiro atoms. The number of halogens is 3. The van der Waals surface area contributed by atoms with Gasteiger partial charge in [0.05, 0.1) is 0 Å². The number of benzene rings is 1. The van der Waals surface area contributed by atoms with Crippen LogP contribution in [0.5, 0.6) is 0 Å².